The van der Waals surface area contributed by atoms with Crippen LogP contribution in [0.1, 0.15) is 32.1 Å². The van der Waals surface area contributed by atoms with Gasteiger partial charge in [0.15, 0.2) is 11.6 Å². The monoisotopic (exact) mass is 379 g/mol. The Morgan fingerprint density at radius 3 is 2.63 bits per heavy atom. The van der Waals surface area contributed by atoms with Crippen molar-refractivity contribution < 1.29 is 14.2 Å². The van der Waals surface area contributed by atoms with Gasteiger partial charge in [0.25, 0.3) is 0 Å². The molecule has 1 aliphatic carbocycles. The van der Waals surface area contributed by atoms with E-state index in [9.17, 15) is 9.50 Å². The molecule has 3 aliphatic rings. The fraction of sp³-hybridized carbons (Fsp3) is 0.789. The molecule has 2 aliphatic heterocycles. The molecule has 27 heavy (non-hydrogen) atoms. The molecule has 1 aromatic rings. The number of hydrogen-bond donors (Lipinski definition) is 1. The van der Waals surface area contributed by atoms with E-state index in [2.05, 4.69) is 19.8 Å². The van der Waals surface area contributed by atoms with E-state index in [1.165, 1.54) is 31.9 Å². The fourth-order valence-electron chi connectivity index (χ4n) is 4.67. The van der Waals surface area contributed by atoms with Gasteiger partial charge in [-0.15, -0.1) is 0 Å². The highest BCUT2D eigenvalue weighted by Crippen LogP contribution is 2.29. The smallest absolute Gasteiger partial charge is 0.227 e. The first-order chi connectivity index (χ1) is 13.3. The average molecular weight is 379 g/mol. The fourth-order valence-corrected chi connectivity index (χ4v) is 4.67. The summed E-state index contributed by atoms with van der Waals surface area (Å²) in [6.07, 6.45) is 7.18. The van der Waals surface area contributed by atoms with Crippen molar-refractivity contribution in [3.63, 3.8) is 0 Å². The number of aromatic nitrogens is 2. The molecule has 3 heterocycles. The molecule has 8 heteroatoms. The Kier molecular flexibility index (Phi) is 6.04. The van der Waals surface area contributed by atoms with E-state index in [1.807, 2.05) is 4.90 Å². The van der Waals surface area contributed by atoms with E-state index < -0.39 is 0 Å². The Balaban J connectivity index is 1.49. The van der Waals surface area contributed by atoms with Gasteiger partial charge in [-0.25, -0.2) is 9.37 Å². The molecule has 2 saturated heterocycles. The van der Waals surface area contributed by atoms with Crippen LogP contribution in [0.3, 0.4) is 0 Å². The lowest BCUT2D eigenvalue weighted by Crippen LogP contribution is -2.56. The number of nitrogens with zero attached hydrogens (tertiary/aromatic N) is 5. The van der Waals surface area contributed by atoms with Crippen molar-refractivity contribution in [2.75, 3.05) is 62.3 Å². The van der Waals surface area contributed by atoms with Gasteiger partial charge >= 0.3 is 0 Å². The number of morpholine rings is 1. The summed E-state index contributed by atoms with van der Waals surface area (Å²) in [5.74, 6) is 0.587. The molecule has 1 unspecified atom stereocenters. The molecule has 150 valence electrons. The minimum atomic E-state index is -0.378. The highest BCUT2D eigenvalue weighted by atomic mass is 19.1. The van der Waals surface area contributed by atoms with E-state index in [0.29, 0.717) is 50.2 Å². The number of aliphatic hydroxyl groups excluding tert-OH is 1. The third-order valence-electron chi connectivity index (χ3n) is 6.09. The molecule has 7 nitrogen and oxygen atoms in total. The van der Waals surface area contributed by atoms with Crippen LogP contribution in [0.2, 0.25) is 0 Å². The Morgan fingerprint density at radius 2 is 1.89 bits per heavy atom. The number of halogens is 1. The van der Waals surface area contributed by atoms with Gasteiger partial charge in [-0.1, -0.05) is 12.8 Å². The number of anilines is 2. The first-order valence-corrected chi connectivity index (χ1v) is 10.2. The van der Waals surface area contributed by atoms with Gasteiger partial charge in [-0.05, 0) is 19.3 Å². The summed E-state index contributed by atoms with van der Waals surface area (Å²) in [5.41, 5.74) is 0. The number of hydrogen-bond acceptors (Lipinski definition) is 7. The first-order valence-electron chi connectivity index (χ1n) is 10.2. The maximum Gasteiger partial charge on any atom is 0.227 e. The van der Waals surface area contributed by atoms with Crippen LogP contribution in [0.4, 0.5) is 16.2 Å². The number of rotatable bonds is 5. The molecule has 1 saturated carbocycles. The van der Waals surface area contributed by atoms with Crippen molar-refractivity contribution in [1.29, 1.82) is 0 Å². The Labute approximate surface area is 160 Å². The summed E-state index contributed by atoms with van der Waals surface area (Å²) < 4.78 is 19.7. The van der Waals surface area contributed by atoms with Gasteiger partial charge in [-0.3, -0.25) is 4.90 Å². The lowest BCUT2D eigenvalue weighted by atomic mass is 10.0. The Hall–Kier alpha value is -1.51. The van der Waals surface area contributed by atoms with E-state index in [0.717, 1.165) is 26.1 Å². The largest absolute Gasteiger partial charge is 0.396 e. The van der Waals surface area contributed by atoms with Crippen molar-refractivity contribution in [1.82, 2.24) is 14.9 Å². The summed E-state index contributed by atoms with van der Waals surface area (Å²) in [6, 6.07) is 0.939. The van der Waals surface area contributed by atoms with Gasteiger partial charge in [0.1, 0.15) is 0 Å². The maximum atomic E-state index is 14.3. The molecule has 1 aromatic heterocycles. The lowest BCUT2D eigenvalue weighted by molar-refractivity contribution is 0.0979. The molecule has 1 N–H and O–H groups in total. The Morgan fingerprint density at radius 1 is 1.11 bits per heavy atom. The second-order valence-corrected chi connectivity index (χ2v) is 7.73. The second kappa shape index (κ2) is 8.67. The van der Waals surface area contributed by atoms with Gasteiger partial charge in [0.05, 0.1) is 19.4 Å². The lowest BCUT2D eigenvalue weighted by Gasteiger charge is -2.44. The summed E-state index contributed by atoms with van der Waals surface area (Å²) in [7, 11) is 0. The number of aliphatic hydroxyl groups is 1. The minimum absolute atomic E-state index is 0.186. The number of piperazine rings is 1. The van der Waals surface area contributed by atoms with Gasteiger partial charge in [0, 0.05) is 51.4 Å². The van der Waals surface area contributed by atoms with Crippen LogP contribution in [0.5, 0.6) is 0 Å². The molecule has 0 bridgehead atoms. The van der Waals surface area contributed by atoms with Crippen LogP contribution in [0.25, 0.3) is 0 Å². The van der Waals surface area contributed by atoms with Crippen LogP contribution in [-0.2, 0) is 4.74 Å². The minimum Gasteiger partial charge on any atom is -0.396 e. The second-order valence-electron chi connectivity index (χ2n) is 7.73. The van der Waals surface area contributed by atoms with Crippen molar-refractivity contribution in [3.05, 3.63) is 12.0 Å². The summed E-state index contributed by atoms with van der Waals surface area (Å²) in [5, 5.41) is 9.54. The van der Waals surface area contributed by atoms with Crippen molar-refractivity contribution >= 4 is 11.8 Å². The van der Waals surface area contributed by atoms with Crippen LogP contribution in [0.15, 0.2) is 6.20 Å². The molecule has 0 amide bonds. The van der Waals surface area contributed by atoms with E-state index in [4.69, 9.17) is 4.74 Å². The molecule has 0 radical (unpaired) electrons. The third-order valence-corrected chi connectivity index (χ3v) is 6.09. The van der Waals surface area contributed by atoms with Crippen molar-refractivity contribution in [2.24, 2.45) is 0 Å². The average Bonchev–Trinajstić information content (AvgIpc) is 3.24. The topological polar surface area (TPSA) is 65.0 Å². The van der Waals surface area contributed by atoms with E-state index >= 15 is 0 Å². The van der Waals surface area contributed by atoms with E-state index in [1.54, 1.807) is 0 Å². The van der Waals surface area contributed by atoms with Crippen molar-refractivity contribution in [3.8, 4) is 0 Å². The summed E-state index contributed by atoms with van der Waals surface area (Å²) in [6.45, 7) is 5.24. The van der Waals surface area contributed by atoms with Gasteiger partial charge < -0.3 is 19.6 Å². The molecule has 0 spiro atoms. The van der Waals surface area contributed by atoms with Crippen LogP contribution < -0.4 is 9.80 Å². The molecular formula is C19H30FN5O2. The third kappa shape index (κ3) is 4.17. The summed E-state index contributed by atoms with van der Waals surface area (Å²) >= 11 is 0. The normalized spacial score (nSPS) is 25.3. The summed E-state index contributed by atoms with van der Waals surface area (Å²) in [4.78, 5) is 15.5. The van der Waals surface area contributed by atoms with Crippen molar-refractivity contribution in [2.45, 2.75) is 44.2 Å². The molecule has 0 aromatic carbocycles. The van der Waals surface area contributed by atoms with Crippen LogP contribution >= 0.6 is 0 Å². The predicted molar refractivity (Wildman–Crippen MR) is 102 cm³/mol. The SMILES string of the molecule is OCCC1CN(c2ncc(F)c(N3CCOCC3)n2)CCN1C1CCCC1. The first kappa shape index (κ1) is 18.8. The highest BCUT2D eigenvalue weighted by Gasteiger charge is 2.34. The number of ether oxygens (including phenoxy) is 1. The van der Waals surface area contributed by atoms with Gasteiger partial charge in [0.2, 0.25) is 5.95 Å². The zero-order valence-electron chi connectivity index (χ0n) is 15.9. The quantitative estimate of drug-likeness (QED) is 0.826. The standard InChI is InChI=1S/C19H30FN5O2/c20-17-13-21-19(22-18(17)23-8-11-27-12-9-23)24-6-7-25(15-3-1-2-4-15)16(14-24)5-10-26/h13,15-16,26H,1-12,14H2. The molecule has 4 rings (SSSR count). The van der Waals surface area contributed by atoms with Gasteiger partial charge in [-0.2, -0.15) is 4.98 Å². The highest BCUT2D eigenvalue weighted by molar-refractivity contribution is 5.45. The molecular weight excluding hydrogens is 349 g/mol. The van der Waals surface area contributed by atoms with Crippen LogP contribution in [0, 0.1) is 5.82 Å². The molecule has 1 atom stereocenters. The predicted octanol–water partition coefficient (Wildman–Crippen LogP) is 1.27. The van der Waals surface area contributed by atoms with E-state index in [-0.39, 0.29) is 12.4 Å². The molecule has 3 fully saturated rings. The zero-order chi connectivity index (χ0) is 18.6. The van der Waals surface area contributed by atoms with Crippen LogP contribution in [-0.4, -0.2) is 84.6 Å². The Bertz CT molecular complexity index is 622. The maximum absolute atomic E-state index is 14.3. The zero-order valence-corrected chi connectivity index (χ0v) is 15.9.